The summed E-state index contributed by atoms with van der Waals surface area (Å²) in [6.07, 6.45) is 11.6. The van der Waals surface area contributed by atoms with Crippen LogP contribution in [0.4, 0.5) is 0 Å². The molecule has 2 unspecified atom stereocenters. The lowest BCUT2D eigenvalue weighted by molar-refractivity contribution is 0.419. The summed E-state index contributed by atoms with van der Waals surface area (Å²) in [6, 6.07) is 56.8. The molecule has 12 rings (SSSR count). The average molecular weight is 749 g/mol. The van der Waals surface area contributed by atoms with Crippen molar-refractivity contribution in [3.8, 4) is 27.9 Å². The fourth-order valence-corrected chi connectivity index (χ4v) is 11.3. The molecule has 0 aliphatic heterocycles. The highest BCUT2D eigenvalue weighted by Crippen LogP contribution is 2.47. The summed E-state index contributed by atoms with van der Waals surface area (Å²) in [6.45, 7) is 4.76. The highest BCUT2D eigenvalue weighted by molar-refractivity contribution is 7.25. The third-order valence-corrected chi connectivity index (χ3v) is 14.0. The van der Waals surface area contributed by atoms with Crippen molar-refractivity contribution >= 4 is 82.4 Å². The number of thiophene rings is 1. The molecule has 57 heavy (non-hydrogen) atoms. The summed E-state index contributed by atoms with van der Waals surface area (Å²) in [5.74, 6) is 0.531. The predicted molar refractivity (Wildman–Crippen MR) is 245 cm³/mol. The van der Waals surface area contributed by atoms with Crippen LogP contribution < -0.4 is 10.6 Å². The molecule has 2 aliphatic rings. The predicted octanol–water partition coefficient (Wildman–Crippen LogP) is 13.2. The first-order valence-electron chi connectivity index (χ1n) is 20.2. The first-order valence-corrected chi connectivity index (χ1v) is 21.0. The van der Waals surface area contributed by atoms with Gasteiger partial charge in [-0.25, -0.2) is 0 Å². The normalized spacial score (nSPS) is 17.6. The molecular weight excluding hydrogens is 709 g/mol. The van der Waals surface area contributed by atoms with Gasteiger partial charge in [0.1, 0.15) is 0 Å². The van der Waals surface area contributed by atoms with E-state index in [0.29, 0.717) is 5.92 Å². The van der Waals surface area contributed by atoms with E-state index >= 15 is 0 Å². The van der Waals surface area contributed by atoms with E-state index in [0.717, 1.165) is 12.8 Å². The number of fused-ring (bicyclic) bond motifs is 10. The van der Waals surface area contributed by atoms with Crippen LogP contribution >= 0.6 is 11.3 Å². The van der Waals surface area contributed by atoms with Gasteiger partial charge in [0, 0.05) is 63.6 Å². The maximum Gasteiger partial charge on any atom is 0.0715 e. The summed E-state index contributed by atoms with van der Waals surface area (Å²) < 4.78 is 7.78. The van der Waals surface area contributed by atoms with Crippen molar-refractivity contribution in [1.29, 1.82) is 0 Å². The van der Waals surface area contributed by atoms with Crippen LogP contribution in [-0.4, -0.2) is 9.13 Å². The molecule has 0 fully saturated rings. The topological polar surface area (TPSA) is 9.86 Å². The van der Waals surface area contributed by atoms with Crippen LogP contribution in [0.5, 0.6) is 0 Å². The van der Waals surface area contributed by atoms with Crippen LogP contribution in [0.2, 0.25) is 0 Å². The Kier molecular flexibility index (Phi) is 7.07. The molecule has 3 aromatic heterocycles. The molecule has 0 bridgehead atoms. The SMILES string of the molecule is CC1C=c2c(n(-c3ccccc3)c3cc(-c4ccc5c(c4)c4ccccc4n5C4(C)CC=Cc5c(-c6ccc7c(c6)sc6ccccc67)cccc54)ccc23)=CC1. The molecule has 2 atom stereocenters. The summed E-state index contributed by atoms with van der Waals surface area (Å²) in [7, 11) is 0. The van der Waals surface area contributed by atoms with Gasteiger partial charge in [0.05, 0.1) is 11.1 Å². The molecule has 3 heterocycles. The van der Waals surface area contributed by atoms with E-state index in [9.17, 15) is 0 Å². The summed E-state index contributed by atoms with van der Waals surface area (Å²) >= 11 is 1.89. The van der Waals surface area contributed by atoms with Crippen LogP contribution in [-0.2, 0) is 5.54 Å². The molecule has 0 spiro atoms. The maximum absolute atomic E-state index is 2.63. The maximum atomic E-state index is 2.63. The van der Waals surface area contributed by atoms with Crippen molar-refractivity contribution < 1.29 is 0 Å². The van der Waals surface area contributed by atoms with Crippen molar-refractivity contribution in [3.63, 3.8) is 0 Å². The van der Waals surface area contributed by atoms with Gasteiger partial charge in [-0.05, 0) is 108 Å². The molecule has 0 saturated carbocycles. The van der Waals surface area contributed by atoms with Crippen molar-refractivity contribution in [1.82, 2.24) is 9.13 Å². The van der Waals surface area contributed by atoms with Crippen LogP contribution in [0.15, 0.2) is 158 Å². The third kappa shape index (κ3) is 4.82. The molecule has 3 heteroatoms. The zero-order chi connectivity index (χ0) is 37.8. The molecular formula is C54H40N2S. The molecule has 0 amide bonds. The van der Waals surface area contributed by atoms with Gasteiger partial charge in [0.25, 0.3) is 0 Å². The minimum atomic E-state index is -0.288. The zero-order valence-electron chi connectivity index (χ0n) is 32.0. The minimum absolute atomic E-state index is 0.288. The molecule has 272 valence electrons. The van der Waals surface area contributed by atoms with Gasteiger partial charge >= 0.3 is 0 Å². The van der Waals surface area contributed by atoms with Gasteiger partial charge in [0.2, 0.25) is 0 Å². The fourth-order valence-electron chi connectivity index (χ4n) is 10.2. The van der Waals surface area contributed by atoms with Gasteiger partial charge in [-0.3, -0.25) is 0 Å². The van der Waals surface area contributed by atoms with Crippen LogP contribution in [0.3, 0.4) is 0 Å². The lowest BCUT2D eigenvalue weighted by Gasteiger charge is -2.37. The fraction of sp³-hybridized carbons (Fsp3) is 0.111. The van der Waals surface area contributed by atoms with E-state index in [-0.39, 0.29) is 5.54 Å². The van der Waals surface area contributed by atoms with E-state index in [4.69, 9.17) is 0 Å². The first-order chi connectivity index (χ1) is 28.0. The molecule has 10 aromatic rings. The Morgan fingerprint density at radius 3 is 2.25 bits per heavy atom. The second-order valence-electron chi connectivity index (χ2n) is 16.3. The number of nitrogens with zero attached hydrogens (tertiary/aromatic N) is 2. The van der Waals surface area contributed by atoms with Crippen molar-refractivity contribution in [2.45, 2.75) is 32.2 Å². The first kappa shape index (κ1) is 32.8. The van der Waals surface area contributed by atoms with Crippen LogP contribution in [0, 0.1) is 5.92 Å². The molecule has 2 aliphatic carbocycles. The average Bonchev–Trinajstić information content (AvgIpc) is 3.91. The Balaban J connectivity index is 1.02. The Morgan fingerprint density at radius 2 is 1.33 bits per heavy atom. The van der Waals surface area contributed by atoms with Crippen molar-refractivity contribution in [2.24, 2.45) is 5.92 Å². The second-order valence-corrected chi connectivity index (χ2v) is 17.4. The highest BCUT2D eigenvalue weighted by atomic mass is 32.1. The van der Waals surface area contributed by atoms with Crippen molar-refractivity contribution in [3.05, 3.63) is 179 Å². The largest absolute Gasteiger partial charge is 0.330 e. The van der Waals surface area contributed by atoms with Crippen LogP contribution in [0.25, 0.3) is 99.1 Å². The van der Waals surface area contributed by atoms with Crippen molar-refractivity contribution in [2.75, 3.05) is 0 Å². The number of allylic oxidation sites excluding steroid dienone is 1. The van der Waals surface area contributed by atoms with E-state index in [2.05, 4.69) is 199 Å². The number of hydrogen-bond donors (Lipinski definition) is 0. The van der Waals surface area contributed by atoms with Gasteiger partial charge in [0.15, 0.2) is 0 Å². The van der Waals surface area contributed by atoms with E-state index in [1.807, 2.05) is 11.3 Å². The summed E-state index contributed by atoms with van der Waals surface area (Å²) in [5, 5.41) is 9.25. The third-order valence-electron chi connectivity index (χ3n) is 12.9. The van der Waals surface area contributed by atoms with Gasteiger partial charge in [-0.2, -0.15) is 0 Å². The number of rotatable bonds is 4. The smallest absolute Gasteiger partial charge is 0.0715 e. The zero-order valence-corrected chi connectivity index (χ0v) is 32.9. The number of benzene rings is 7. The van der Waals surface area contributed by atoms with Gasteiger partial charge < -0.3 is 9.13 Å². The molecule has 0 N–H and O–H groups in total. The quantitative estimate of drug-likeness (QED) is 0.170. The Bertz CT molecular complexity index is 3450. The lowest BCUT2D eigenvalue weighted by atomic mass is 9.78. The Hall–Kier alpha value is -6.42. The lowest BCUT2D eigenvalue weighted by Crippen LogP contribution is -2.33. The summed E-state index contributed by atoms with van der Waals surface area (Å²) in [4.78, 5) is 0. The molecule has 0 radical (unpaired) electrons. The molecule has 7 aromatic carbocycles. The number of aromatic nitrogens is 2. The summed E-state index contributed by atoms with van der Waals surface area (Å²) in [5.41, 5.74) is 12.4. The second kappa shape index (κ2) is 12.3. The number of hydrogen-bond acceptors (Lipinski definition) is 1. The Morgan fingerprint density at radius 1 is 0.596 bits per heavy atom. The van der Waals surface area contributed by atoms with E-state index in [1.165, 1.54) is 103 Å². The van der Waals surface area contributed by atoms with Gasteiger partial charge in [-0.15, -0.1) is 11.3 Å². The van der Waals surface area contributed by atoms with Gasteiger partial charge in [-0.1, -0.05) is 134 Å². The Labute approximate surface area is 335 Å². The molecule has 0 saturated heterocycles. The monoisotopic (exact) mass is 748 g/mol. The van der Waals surface area contributed by atoms with E-state index < -0.39 is 0 Å². The van der Waals surface area contributed by atoms with Crippen LogP contribution in [0.1, 0.15) is 37.8 Å². The standard InChI is InChI=1S/C54H40N2S/c1-34-21-27-48-45(30-34)42-25-22-36(32-51(42)55(48)38-12-4-3-5-13-38)35-24-28-50-46(31-35)41-14-6-8-19-49(41)56(50)54(2)29-11-17-40-39(16-10-18-47(40)54)37-23-26-44-43-15-7-9-20-52(43)57-53(44)33-37/h3-20,22-28,30-34H,21,29H2,1-2H3. The molecule has 2 nitrogen and oxygen atoms in total. The highest BCUT2D eigenvalue weighted by Gasteiger charge is 2.35. The minimum Gasteiger partial charge on any atom is -0.330 e. The van der Waals surface area contributed by atoms with E-state index in [1.54, 1.807) is 0 Å². The number of para-hydroxylation sites is 2.